The van der Waals surface area contributed by atoms with E-state index in [9.17, 15) is 14.4 Å². The highest BCUT2D eigenvalue weighted by atomic mass is 35.5. The van der Waals surface area contributed by atoms with Gasteiger partial charge in [0.05, 0.1) is 17.1 Å². The molecule has 4 aromatic carbocycles. The molecule has 51 heavy (non-hydrogen) atoms. The zero-order chi connectivity index (χ0) is 35.6. The van der Waals surface area contributed by atoms with Gasteiger partial charge >= 0.3 is 5.69 Å². The summed E-state index contributed by atoms with van der Waals surface area (Å²) in [5.41, 5.74) is 6.32. The minimum Gasteiger partial charge on any atom is -0.284 e. The Morgan fingerprint density at radius 1 is 0.824 bits per heavy atom. The minimum atomic E-state index is -0.638. The highest BCUT2D eigenvalue weighted by molar-refractivity contribution is 7.07. The highest BCUT2D eigenvalue weighted by Crippen LogP contribution is 2.25. The summed E-state index contributed by atoms with van der Waals surface area (Å²) in [6.07, 6.45) is 0.199. The van der Waals surface area contributed by atoms with Crippen molar-refractivity contribution < 1.29 is 4.79 Å². The summed E-state index contributed by atoms with van der Waals surface area (Å²) in [4.78, 5) is 42.0. The van der Waals surface area contributed by atoms with E-state index in [1.165, 1.54) is 20.6 Å². The third kappa shape index (κ3) is 6.76. The van der Waals surface area contributed by atoms with Gasteiger partial charge in [0.1, 0.15) is 18.1 Å². The quantitative estimate of drug-likeness (QED) is 0.187. The average Bonchev–Trinajstić information content (AvgIpc) is 3.76. The van der Waals surface area contributed by atoms with Crippen LogP contribution in [0.5, 0.6) is 0 Å². The normalized spacial score (nSPS) is 11.6. The number of nitrogens with zero attached hydrogens (tertiary/aromatic N) is 7. The Balaban J connectivity index is 1.26. The maximum absolute atomic E-state index is 14.1. The molecular formula is C37H30Cl2N8O3S. The molecule has 1 amide bonds. The predicted molar refractivity (Wildman–Crippen MR) is 199 cm³/mol. The number of thiazole rings is 1. The van der Waals surface area contributed by atoms with E-state index in [0.29, 0.717) is 26.2 Å². The molecule has 1 N–H and O–H groups in total. The van der Waals surface area contributed by atoms with E-state index in [1.54, 1.807) is 30.8 Å². The number of para-hydroxylation sites is 2. The summed E-state index contributed by atoms with van der Waals surface area (Å²) in [5, 5.41) is 12.1. The summed E-state index contributed by atoms with van der Waals surface area (Å²) in [5.74, 6) is -0.293. The molecule has 0 atom stereocenters. The maximum Gasteiger partial charge on any atom is 0.351 e. The van der Waals surface area contributed by atoms with Crippen molar-refractivity contribution in [1.29, 1.82) is 0 Å². The highest BCUT2D eigenvalue weighted by Gasteiger charge is 2.25. The van der Waals surface area contributed by atoms with Crippen molar-refractivity contribution in [3.05, 3.63) is 167 Å². The van der Waals surface area contributed by atoms with Gasteiger partial charge in [0.15, 0.2) is 0 Å². The van der Waals surface area contributed by atoms with E-state index < -0.39 is 23.7 Å². The van der Waals surface area contributed by atoms with Crippen LogP contribution in [0.15, 0.2) is 129 Å². The molecule has 0 saturated carbocycles. The number of amides is 1. The third-order valence-corrected chi connectivity index (χ3v) is 9.69. The van der Waals surface area contributed by atoms with Gasteiger partial charge < -0.3 is 0 Å². The lowest BCUT2D eigenvalue weighted by Crippen LogP contribution is -2.34. The second kappa shape index (κ2) is 14.3. The molecule has 7 aromatic rings. The molecule has 3 heterocycles. The van der Waals surface area contributed by atoms with Crippen LogP contribution in [0.2, 0.25) is 10.0 Å². The Hall–Kier alpha value is -5.69. The Morgan fingerprint density at radius 3 is 2.08 bits per heavy atom. The fourth-order valence-corrected chi connectivity index (χ4v) is 6.93. The van der Waals surface area contributed by atoms with E-state index in [-0.39, 0.29) is 17.9 Å². The molecule has 11 nitrogen and oxygen atoms in total. The molecule has 7 rings (SSSR count). The topological polar surface area (TPSA) is 113 Å². The number of rotatable bonds is 9. The standard InChI is InChI=1S/C37H30Cl2N8O3S/c1-24-34(35(49)47(43(24)2)30-11-7-4-8-12-30)46-32(21-25-13-17-27(38)18-14-25)42-44(37(46)50)22-33(48)40-41-36-45(29-9-5-3-6-10-29)31(23-51-36)26-15-19-28(39)20-16-26/h3-20,23H,21-22H2,1-2H3,(H,40,48)/b41-36-. The zero-order valence-corrected chi connectivity index (χ0v) is 29.7. The van der Waals surface area contributed by atoms with Crippen LogP contribution in [0.25, 0.3) is 28.3 Å². The third-order valence-electron chi connectivity index (χ3n) is 8.36. The van der Waals surface area contributed by atoms with Gasteiger partial charge in [-0.1, -0.05) is 83.9 Å². The molecule has 0 aliphatic carbocycles. The van der Waals surface area contributed by atoms with Crippen LogP contribution in [0.4, 0.5) is 0 Å². The van der Waals surface area contributed by atoms with Gasteiger partial charge in [0, 0.05) is 34.6 Å². The first-order valence-electron chi connectivity index (χ1n) is 15.8. The number of carbonyl (C=O) groups excluding carboxylic acids is 1. The lowest BCUT2D eigenvalue weighted by molar-refractivity contribution is -0.122. The summed E-state index contributed by atoms with van der Waals surface area (Å²) in [7, 11) is 1.75. The number of halogens is 2. The van der Waals surface area contributed by atoms with Crippen LogP contribution in [0.3, 0.4) is 0 Å². The van der Waals surface area contributed by atoms with Crippen molar-refractivity contribution in [3.63, 3.8) is 0 Å². The Labute approximate surface area is 305 Å². The lowest BCUT2D eigenvalue weighted by atomic mass is 10.1. The van der Waals surface area contributed by atoms with E-state index in [4.69, 9.17) is 23.2 Å². The Kier molecular flexibility index (Phi) is 9.46. The van der Waals surface area contributed by atoms with Gasteiger partial charge in [-0.05, 0) is 66.6 Å². The van der Waals surface area contributed by atoms with Gasteiger partial charge in [-0.3, -0.25) is 18.8 Å². The molecule has 0 radical (unpaired) electrons. The van der Waals surface area contributed by atoms with E-state index in [2.05, 4.69) is 15.6 Å². The first kappa shape index (κ1) is 33.8. The van der Waals surface area contributed by atoms with Gasteiger partial charge in [-0.2, -0.15) is 5.10 Å². The molecular weight excluding hydrogens is 707 g/mol. The smallest absolute Gasteiger partial charge is 0.284 e. The summed E-state index contributed by atoms with van der Waals surface area (Å²) in [6, 6.07) is 33.4. The van der Waals surface area contributed by atoms with Crippen LogP contribution < -0.4 is 21.5 Å². The number of hydrogen-bond donors (Lipinski definition) is 1. The molecule has 0 spiro atoms. The number of aromatic nitrogens is 6. The fourth-order valence-electron chi connectivity index (χ4n) is 5.81. The van der Waals surface area contributed by atoms with Crippen molar-refractivity contribution in [3.8, 4) is 28.3 Å². The molecule has 256 valence electrons. The molecule has 0 unspecified atom stereocenters. The van der Waals surface area contributed by atoms with Gasteiger partial charge in [0.25, 0.3) is 11.5 Å². The monoisotopic (exact) mass is 736 g/mol. The number of hydrogen-bond acceptors (Lipinski definition) is 6. The van der Waals surface area contributed by atoms with Crippen molar-refractivity contribution in [1.82, 2.24) is 33.7 Å². The van der Waals surface area contributed by atoms with E-state index in [1.807, 2.05) is 107 Å². The number of nitrogens with one attached hydrogen (secondary N) is 1. The van der Waals surface area contributed by atoms with Crippen molar-refractivity contribution in [2.75, 3.05) is 0 Å². The van der Waals surface area contributed by atoms with Crippen molar-refractivity contribution in [2.24, 2.45) is 12.1 Å². The van der Waals surface area contributed by atoms with Gasteiger partial charge in [-0.15, -0.1) is 16.4 Å². The molecule has 0 aliphatic rings. The van der Waals surface area contributed by atoms with Crippen LogP contribution in [0, 0.1) is 6.92 Å². The largest absolute Gasteiger partial charge is 0.351 e. The Bertz CT molecular complexity index is 2550. The molecule has 14 heteroatoms. The second-order valence-corrected chi connectivity index (χ2v) is 13.3. The second-order valence-electron chi connectivity index (χ2n) is 11.6. The number of benzene rings is 4. The minimum absolute atomic E-state index is 0.142. The lowest BCUT2D eigenvalue weighted by Gasteiger charge is -2.09. The molecule has 0 fully saturated rings. The molecule has 3 aromatic heterocycles. The molecule has 0 aliphatic heterocycles. The van der Waals surface area contributed by atoms with E-state index >= 15 is 0 Å². The summed E-state index contributed by atoms with van der Waals surface area (Å²) >= 11 is 13.6. The number of carbonyl (C=O) groups is 1. The van der Waals surface area contributed by atoms with Crippen LogP contribution in [-0.2, 0) is 24.8 Å². The fraction of sp³-hybridized carbons (Fsp3) is 0.108. The average molecular weight is 738 g/mol. The van der Waals surface area contributed by atoms with Crippen LogP contribution >= 0.6 is 34.5 Å². The SMILES string of the molecule is Cc1c(-n2c(Cc3ccc(Cl)cc3)nn(CC(=O)N/N=c3\scc(-c4ccc(Cl)cc4)n3-c3ccccc3)c2=O)c(=O)n(-c2ccccc2)n1C. The summed E-state index contributed by atoms with van der Waals surface area (Å²) < 4.78 is 7.45. The van der Waals surface area contributed by atoms with Gasteiger partial charge in [0.2, 0.25) is 4.80 Å². The zero-order valence-electron chi connectivity index (χ0n) is 27.4. The van der Waals surface area contributed by atoms with Crippen LogP contribution in [0.1, 0.15) is 17.1 Å². The first-order chi connectivity index (χ1) is 24.7. The first-order valence-corrected chi connectivity index (χ1v) is 17.4. The molecule has 0 bridgehead atoms. The van der Waals surface area contributed by atoms with E-state index in [0.717, 1.165) is 27.2 Å². The van der Waals surface area contributed by atoms with Crippen molar-refractivity contribution >= 4 is 40.4 Å². The summed E-state index contributed by atoms with van der Waals surface area (Å²) in [6.45, 7) is 1.32. The van der Waals surface area contributed by atoms with Crippen LogP contribution in [-0.4, -0.2) is 34.2 Å². The maximum atomic E-state index is 14.1. The Morgan fingerprint density at radius 2 is 1.43 bits per heavy atom. The van der Waals surface area contributed by atoms with Crippen molar-refractivity contribution in [2.45, 2.75) is 19.9 Å². The van der Waals surface area contributed by atoms with Gasteiger partial charge in [-0.25, -0.2) is 24.2 Å². The molecule has 0 saturated heterocycles. The predicted octanol–water partition coefficient (Wildman–Crippen LogP) is 5.88.